The van der Waals surface area contributed by atoms with Crippen LogP contribution in [0.2, 0.25) is 0 Å². The van der Waals surface area contributed by atoms with Crippen LogP contribution in [0.15, 0.2) is 16.8 Å². The van der Waals surface area contributed by atoms with Crippen LogP contribution in [0.3, 0.4) is 0 Å². The fraction of sp³-hybridized carbons (Fsp3) is 0.800. The molecule has 0 heterocycles. The van der Waals surface area contributed by atoms with Gasteiger partial charge in [0.2, 0.25) is 0 Å². The van der Waals surface area contributed by atoms with Crippen molar-refractivity contribution in [2.75, 3.05) is 0 Å². The van der Waals surface area contributed by atoms with Gasteiger partial charge in [0.1, 0.15) is 0 Å². The monoisotopic (exact) mass is 223 g/mol. The van der Waals surface area contributed by atoms with Crippen LogP contribution in [-0.4, -0.2) is 5.71 Å². The van der Waals surface area contributed by atoms with Crippen molar-refractivity contribution in [1.82, 2.24) is 0 Å². The predicted octanol–water partition coefficient (Wildman–Crippen LogP) is 5.22. The van der Waals surface area contributed by atoms with E-state index in [0.717, 1.165) is 6.42 Å². The Morgan fingerprint density at radius 1 is 1.25 bits per heavy atom. The van der Waals surface area contributed by atoms with Crippen LogP contribution in [0.1, 0.15) is 67.7 Å². The normalized spacial score (nSPS) is 14.8. The third kappa shape index (κ3) is 6.09. The zero-order chi connectivity index (χ0) is 12.8. The maximum Gasteiger partial charge on any atom is 0.0259 e. The number of hydrogen-bond donors (Lipinski definition) is 0. The minimum absolute atomic E-state index is 0.197. The Kier molecular flexibility index (Phi) is 6.62. The Morgan fingerprint density at radius 2 is 1.81 bits per heavy atom. The molecule has 16 heavy (non-hydrogen) atoms. The molecule has 0 aliphatic heterocycles. The van der Waals surface area contributed by atoms with Crippen LogP contribution in [0.5, 0.6) is 0 Å². The molecule has 0 bridgehead atoms. The molecule has 0 N–H and O–H groups in total. The lowest BCUT2D eigenvalue weighted by molar-refractivity contribution is 0.571. The van der Waals surface area contributed by atoms with E-state index in [4.69, 9.17) is 4.99 Å². The zero-order valence-electron chi connectivity index (χ0n) is 12.2. The van der Waals surface area contributed by atoms with Crippen molar-refractivity contribution < 1.29 is 0 Å². The molecule has 0 unspecified atom stereocenters. The van der Waals surface area contributed by atoms with Gasteiger partial charge in [-0.05, 0) is 25.7 Å². The summed E-state index contributed by atoms with van der Waals surface area (Å²) in [7, 11) is 0. The molecule has 1 heteroatoms. The van der Waals surface area contributed by atoms with Crippen molar-refractivity contribution in [1.29, 1.82) is 0 Å². The minimum Gasteiger partial charge on any atom is -0.265 e. The largest absolute Gasteiger partial charge is 0.265 e. The molecule has 0 aromatic heterocycles. The highest BCUT2D eigenvalue weighted by atomic mass is 14.7. The molecule has 0 aliphatic carbocycles. The quantitative estimate of drug-likeness (QED) is 0.566. The van der Waals surface area contributed by atoms with E-state index in [1.165, 1.54) is 24.1 Å². The molecule has 0 spiro atoms. The van der Waals surface area contributed by atoms with E-state index in [0.29, 0.717) is 5.92 Å². The van der Waals surface area contributed by atoms with Gasteiger partial charge in [-0.3, -0.25) is 4.99 Å². The van der Waals surface area contributed by atoms with Crippen molar-refractivity contribution in [3.8, 4) is 0 Å². The van der Waals surface area contributed by atoms with E-state index >= 15 is 0 Å². The second-order valence-corrected chi connectivity index (χ2v) is 5.96. The topological polar surface area (TPSA) is 12.4 Å². The van der Waals surface area contributed by atoms with Gasteiger partial charge in [0.15, 0.2) is 0 Å². The number of hydrogen-bond acceptors (Lipinski definition) is 1. The van der Waals surface area contributed by atoms with E-state index in [1.807, 2.05) is 0 Å². The van der Waals surface area contributed by atoms with Gasteiger partial charge in [0.05, 0.1) is 0 Å². The SMILES string of the molecule is CCCC/C(=N\C=C(/C)C(C)C)C(C)(C)C. The molecule has 0 aromatic carbocycles. The summed E-state index contributed by atoms with van der Waals surface area (Å²) in [6.07, 6.45) is 5.66. The third-order valence-electron chi connectivity index (χ3n) is 2.97. The van der Waals surface area contributed by atoms with Crippen molar-refractivity contribution in [2.24, 2.45) is 16.3 Å². The van der Waals surface area contributed by atoms with Crippen LogP contribution in [0.25, 0.3) is 0 Å². The smallest absolute Gasteiger partial charge is 0.0259 e. The van der Waals surface area contributed by atoms with Gasteiger partial charge in [-0.15, -0.1) is 0 Å². The molecule has 0 fully saturated rings. The number of rotatable bonds is 5. The number of allylic oxidation sites excluding steroid dienone is 1. The first-order valence-electron chi connectivity index (χ1n) is 6.52. The van der Waals surface area contributed by atoms with Crippen LogP contribution in [-0.2, 0) is 0 Å². The van der Waals surface area contributed by atoms with Crippen molar-refractivity contribution >= 4 is 5.71 Å². The Morgan fingerprint density at radius 3 is 2.19 bits per heavy atom. The molecule has 1 nitrogen and oxygen atoms in total. The summed E-state index contributed by atoms with van der Waals surface area (Å²) < 4.78 is 0. The van der Waals surface area contributed by atoms with Crippen molar-refractivity contribution in [3.63, 3.8) is 0 Å². The molecule has 0 atom stereocenters. The predicted molar refractivity (Wildman–Crippen MR) is 75.0 cm³/mol. The van der Waals surface area contributed by atoms with Crippen LogP contribution >= 0.6 is 0 Å². The standard InChI is InChI=1S/C15H29N/c1-8-9-10-14(15(5,6)7)16-11-13(4)12(2)3/h11-12H,8-10H2,1-7H3/b13-11+,16-14+. The molecule has 0 amide bonds. The highest BCUT2D eigenvalue weighted by molar-refractivity contribution is 5.89. The molecule has 0 saturated carbocycles. The summed E-state index contributed by atoms with van der Waals surface area (Å²) in [5, 5.41) is 0. The molecule has 94 valence electrons. The maximum atomic E-state index is 4.71. The average Bonchev–Trinajstić information content (AvgIpc) is 2.15. The summed E-state index contributed by atoms with van der Waals surface area (Å²) >= 11 is 0. The third-order valence-corrected chi connectivity index (χ3v) is 2.97. The Labute approximate surface area is 102 Å². The second-order valence-electron chi connectivity index (χ2n) is 5.96. The van der Waals surface area contributed by atoms with E-state index in [1.54, 1.807) is 0 Å². The van der Waals surface area contributed by atoms with Crippen molar-refractivity contribution in [3.05, 3.63) is 11.8 Å². The fourth-order valence-corrected chi connectivity index (χ4v) is 1.31. The Hall–Kier alpha value is -0.590. The van der Waals surface area contributed by atoms with Crippen LogP contribution < -0.4 is 0 Å². The van der Waals surface area contributed by atoms with E-state index in [-0.39, 0.29) is 5.41 Å². The Balaban J connectivity index is 4.76. The van der Waals surface area contributed by atoms with Crippen molar-refractivity contribution in [2.45, 2.75) is 67.7 Å². The molecule has 0 aliphatic rings. The summed E-state index contributed by atoms with van der Waals surface area (Å²) in [4.78, 5) is 4.71. The van der Waals surface area contributed by atoms with Crippen LogP contribution in [0.4, 0.5) is 0 Å². The maximum absolute atomic E-state index is 4.71. The molecule has 0 rings (SSSR count). The first-order valence-corrected chi connectivity index (χ1v) is 6.52. The lowest BCUT2D eigenvalue weighted by atomic mass is 9.87. The first-order chi connectivity index (χ1) is 7.29. The fourth-order valence-electron chi connectivity index (χ4n) is 1.31. The highest BCUT2D eigenvalue weighted by Gasteiger charge is 2.17. The lowest BCUT2D eigenvalue weighted by Gasteiger charge is -2.21. The van der Waals surface area contributed by atoms with Gasteiger partial charge in [0.25, 0.3) is 0 Å². The average molecular weight is 223 g/mol. The van der Waals surface area contributed by atoms with Gasteiger partial charge in [-0.1, -0.05) is 53.5 Å². The number of aliphatic imine (C=N–C) groups is 1. The van der Waals surface area contributed by atoms with Gasteiger partial charge < -0.3 is 0 Å². The summed E-state index contributed by atoms with van der Waals surface area (Å²) in [6, 6.07) is 0. The van der Waals surface area contributed by atoms with E-state index < -0.39 is 0 Å². The molecule has 0 saturated heterocycles. The highest BCUT2D eigenvalue weighted by Crippen LogP contribution is 2.21. The van der Waals surface area contributed by atoms with E-state index in [9.17, 15) is 0 Å². The minimum atomic E-state index is 0.197. The van der Waals surface area contributed by atoms with Gasteiger partial charge in [-0.2, -0.15) is 0 Å². The number of nitrogens with zero attached hydrogens (tertiary/aromatic N) is 1. The molecular weight excluding hydrogens is 194 g/mol. The number of unbranched alkanes of at least 4 members (excludes halogenated alkanes) is 1. The van der Waals surface area contributed by atoms with Gasteiger partial charge in [0, 0.05) is 17.3 Å². The Bertz CT molecular complexity index is 251. The summed E-state index contributed by atoms with van der Waals surface area (Å²) in [5.74, 6) is 0.594. The molecule has 0 radical (unpaired) electrons. The molecular formula is C15H29N. The van der Waals surface area contributed by atoms with E-state index in [2.05, 4.69) is 54.7 Å². The van der Waals surface area contributed by atoms with Gasteiger partial charge in [-0.25, -0.2) is 0 Å². The molecule has 0 aromatic rings. The van der Waals surface area contributed by atoms with Gasteiger partial charge >= 0.3 is 0 Å². The zero-order valence-corrected chi connectivity index (χ0v) is 12.2. The first kappa shape index (κ1) is 15.4. The van der Waals surface area contributed by atoms with Crippen LogP contribution in [0, 0.1) is 11.3 Å². The summed E-state index contributed by atoms with van der Waals surface area (Å²) in [6.45, 7) is 15.6. The summed E-state index contributed by atoms with van der Waals surface area (Å²) in [5.41, 5.74) is 2.88. The second kappa shape index (κ2) is 6.88. The lowest BCUT2D eigenvalue weighted by Crippen LogP contribution is -2.20.